The number of halogens is 1. The lowest BCUT2D eigenvalue weighted by atomic mass is 10.2. The molecule has 1 fully saturated rings. The van der Waals surface area contributed by atoms with E-state index in [0.29, 0.717) is 12.1 Å². The lowest BCUT2D eigenvalue weighted by molar-refractivity contribution is -0.0538. The molecule has 2 aromatic heterocycles. The minimum atomic E-state index is -0.478. The molecule has 3 heterocycles. The maximum Gasteiger partial charge on any atom is 0.280 e. The molecule has 3 rings (SSSR count). The van der Waals surface area contributed by atoms with E-state index < -0.39 is 17.9 Å². The largest absolute Gasteiger partial charge is 0.394 e. The summed E-state index contributed by atoms with van der Waals surface area (Å²) in [5.41, 5.74) is 0.145. The molecule has 0 saturated carbocycles. The summed E-state index contributed by atoms with van der Waals surface area (Å²) >= 11 is 5.65. The number of nitrogens with one attached hydrogen (secondary N) is 1. The van der Waals surface area contributed by atoms with Gasteiger partial charge in [0.2, 0.25) is 7.38 Å². The molecular formula is C14H19ClN6O4. The highest BCUT2D eigenvalue weighted by atomic mass is 35.5. The van der Waals surface area contributed by atoms with Crippen LogP contribution in [0.2, 0.25) is 0 Å². The fraction of sp³-hybridized carbons (Fsp3) is 0.571. The van der Waals surface area contributed by atoms with Crippen LogP contribution in [-0.2, 0) is 9.47 Å². The SMILES string of the molecule is [2H]OC[C@H]1O[C@@H](n2cnc3c(=O)[nH]c(N=CN(C)C)nc32)CC1OCCl. The number of rotatable bonds is 7. The van der Waals surface area contributed by atoms with Gasteiger partial charge in [-0.05, 0) is 0 Å². The molecule has 10 nitrogen and oxygen atoms in total. The zero-order valence-electron chi connectivity index (χ0n) is 14.8. The van der Waals surface area contributed by atoms with Crippen molar-refractivity contribution < 1.29 is 14.6 Å². The third-order valence-corrected chi connectivity index (χ3v) is 3.89. The molecule has 136 valence electrons. The number of hydrogen-bond donors (Lipinski definition) is 2. The van der Waals surface area contributed by atoms with Gasteiger partial charge in [0.05, 0.1) is 25.4 Å². The van der Waals surface area contributed by atoms with E-state index in [1.807, 2.05) is 14.1 Å². The maximum atomic E-state index is 12.2. The standard InChI is InChI=1S/C14H19ClN6O4/c1-20(2)6-17-14-18-12-11(13(23)19-14)16-7-21(12)10-3-8(24-5-15)9(4-22)25-10/h6-10,22H,3-5H2,1-2H3,(H,18,19,23)/t8?,9-,10-/m1/s1/i22D. The van der Waals surface area contributed by atoms with Gasteiger partial charge in [-0.2, -0.15) is 4.98 Å². The molecule has 0 spiro atoms. The minimum Gasteiger partial charge on any atom is -0.394 e. The zero-order valence-corrected chi connectivity index (χ0v) is 14.5. The molecule has 25 heavy (non-hydrogen) atoms. The second-order valence-corrected chi connectivity index (χ2v) is 5.99. The van der Waals surface area contributed by atoms with Gasteiger partial charge < -0.3 is 19.5 Å². The highest BCUT2D eigenvalue weighted by Crippen LogP contribution is 2.32. The average molecular weight is 372 g/mol. The van der Waals surface area contributed by atoms with Crippen LogP contribution in [0.15, 0.2) is 16.1 Å². The van der Waals surface area contributed by atoms with Gasteiger partial charge in [-0.3, -0.25) is 14.3 Å². The summed E-state index contributed by atoms with van der Waals surface area (Å²) in [6.45, 7) is 0.0388. The molecule has 11 heteroatoms. The Bertz CT molecular complexity index is 826. The van der Waals surface area contributed by atoms with Crippen LogP contribution >= 0.6 is 11.6 Å². The van der Waals surface area contributed by atoms with Crippen molar-refractivity contribution in [2.45, 2.75) is 24.9 Å². The Kier molecular flexibility index (Phi) is 4.92. The smallest absolute Gasteiger partial charge is 0.280 e. The van der Waals surface area contributed by atoms with Crippen molar-refractivity contribution in [3.63, 3.8) is 0 Å². The number of aliphatic imine (C=N–C) groups is 1. The number of aliphatic hydroxyl groups is 1. The van der Waals surface area contributed by atoms with Crippen LogP contribution in [0.3, 0.4) is 0 Å². The molecule has 1 aliphatic heterocycles. The number of nitrogens with zero attached hydrogens (tertiary/aromatic N) is 5. The first-order chi connectivity index (χ1) is 12.5. The average Bonchev–Trinajstić information content (AvgIpc) is 3.18. The number of H-pyrrole nitrogens is 1. The third-order valence-electron chi connectivity index (χ3n) is 3.76. The van der Waals surface area contributed by atoms with Gasteiger partial charge in [0.25, 0.3) is 5.56 Å². The van der Waals surface area contributed by atoms with Gasteiger partial charge in [-0.25, -0.2) is 9.98 Å². The van der Waals surface area contributed by atoms with Gasteiger partial charge >= 0.3 is 0 Å². The van der Waals surface area contributed by atoms with Crippen molar-refractivity contribution in [2.75, 3.05) is 26.8 Å². The van der Waals surface area contributed by atoms with E-state index in [1.54, 1.807) is 9.47 Å². The Morgan fingerprint density at radius 3 is 3.28 bits per heavy atom. The summed E-state index contributed by atoms with van der Waals surface area (Å²) in [7, 11) is 3.62. The molecule has 0 amide bonds. The van der Waals surface area contributed by atoms with Crippen LogP contribution < -0.4 is 5.56 Å². The van der Waals surface area contributed by atoms with E-state index in [-0.39, 0.29) is 30.2 Å². The summed E-state index contributed by atoms with van der Waals surface area (Å²) < 4.78 is 19.9. The molecular weight excluding hydrogens is 352 g/mol. The van der Waals surface area contributed by atoms with E-state index in [2.05, 4.69) is 25.1 Å². The highest BCUT2D eigenvalue weighted by molar-refractivity contribution is 6.17. The summed E-state index contributed by atoms with van der Waals surface area (Å²) in [6, 6.07) is 0.00123. The fourth-order valence-electron chi connectivity index (χ4n) is 2.63. The van der Waals surface area contributed by atoms with Crippen molar-refractivity contribution in [2.24, 2.45) is 4.99 Å². The molecule has 3 atom stereocenters. The second kappa shape index (κ2) is 7.48. The van der Waals surface area contributed by atoms with Crippen molar-refractivity contribution >= 4 is 35.1 Å². The van der Waals surface area contributed by atoms with Gasteiger partial charge in [0, 0.05) is 20.5 Å². The van der Waals surface area contributed by atoms with E-state index in [9.17, 15) is 4.79 Å². The number of alkyl halides is 1. The monoisotopic (exact) mass is 371 g/mol. The quantitative estimate of drug-likeness (QED) is 0.405. The Labute approximate surface area is 149 Å². The van der Waals surface area contributed by atoms with Gasteiger partial charge in [-0.15, -0.1) is 0 Å². The molecule has 0 bridgehead atoms. The van der Waals surface area contributed by atoms with Crippen LogP contribution in [0.25, 0.3) is 11.2 Å². The summed E-state index contributed by atoms with van der Waals surface area (Å²) in [4.78, 5) is 29.1. The molecule has 2 aromatic rings. The normalized spacial score (nSPS) is 24.3. The Morgan fingerprint density at radius 1 is 1.72 bits per heavy atom. The molecule has 1 saturated heterocycles. The predicted molar refractivity (Wildman–Crippen MR) is 91.2 cm³/mol. The van der Waals surface area contributed by atoms with E-state index in [0.717, 1.165) is 0 Å². The summed E-state index contributed by atoms with van der Waals surface area (Å²) in [6.07, 6.45) is 2.20. The zero-order chi connectivity index (χ0) is 18.7. The minimum absolute atomic E-state index is 0.00123. The fourth-order valence-corrected chi connectivity index (χ4v) is 2.80. The molecule has 1 aliphatic rings. The Balaban J connectivity index is 1.94. The van der Waals surface area contributed by atoms with Crippen LogP contribution in [0, 0.1) is 0 Å². The molecule has 0 aliphatic carbocycles. The van der Waals surface area contributed by atoms with E-state index in [4.69, 9.17) is 22.5 Å². The lowest BCUT2D eigenvalue weighted by Gasteiger charge is -2.14. The summed E-state index contributed by atoms with van der Waals surface area (Å²) in [5, 5.41) is 4.43. The first-order valence-electron chi connectivity index (χ1n) is 8.03. The number of aliphatic hydroxyl groups excluding tert-OH is 1. The Morgan fingerprint density at radius 2 is 2.56 bits per heavy atom. The number of fused-ring (bicyclic) bond motifs is 1. The van der Waals surface area contributed by atoms with E-state index in [1.165, 1.54) is 12.7 Å². The third kappa shape index (κ3) is 3.66. The first kappa shape index (κ1) is 16.5. The second-order valence-electron chi connectivity index (χ2n) is 5.77. The van der Waals surface area contributed by atoms with Crippen LogP contribution in [0.4, 0.5) is 5.95 Å². The number of aromatic amines is 1. The number of aromatic nitrogens is 4. The number of ether oxygens (including phenoxy) is 2. The molecule has 0 radical (unpaired) electrons. The van der Waals surface area contributed by atoms with Crippen molar-refractivity contribution in [3.05, 3.63) is 16.7 Å². The summed E-state index contributed by atoms with van der Waals surface area (Å²) in [5.74, 6) is 0.163. The predicted octanol–water partition coefficient (Wildman–Crippen LogP) is 0.202. The number of hydrogen-bond acceptors (Lipinski definition) is 7. The van der Waals surface area contributed by atoms with Crippen LogP contribution in [-0.4, -0.2) is 76.3 Å². The maximum absolute atomic E-state index is 12.2. The molecule has 1 unspecified atom stereocenters. The first-order valence-corrected chi connectivity index (χ1v) is 8.15. The van der Waals surface area contributed by atoms with Crippen molar-refractivity contribution in [1.29, 1.82) is 1.43 Å². The van der Waals surface area contributed by atoms with Gasteiger partial charge in [0.15, 0.2) is 11.2 Å². The van der Waals surface area contributed by atoms with Crippen LogP contribution in [0.5, 0.6) is 0 Å². The van der Waals surface area contributed by atoms with Crippen LogP contribution in [0.1, 0.15) is 12.6 Å². The topological polar surface area (TPSA) is 118 Å². The van der Waals surface area contributed by atoms with Gasteiger partial charge in [-0.1, -0.05) is 11.6 Å². The van der Waals surface area contributed by atoms with Crippen molar-refractivity contribution in [3.8, 4) is 0 Å². The van der Waals surface area contributed by atoms with E-state index >= 15 is 0 Å². The molecule has 0 aromatic carbocycles. The number of imidazole rings is 1. The Hall–Kier alpha value is -2.01. The van der Waals surface area contributed by atoms with Gasteiger partial charge in [0.1, 0.15) is 18.4 Å². The highest BCUT2D eigenvalue weighted by Gasteiger charge is 2.37. The van der Waals surface area contributed by atoms with Crippen molar-refractivity contribution in [1.82, 2.24) is 24.4 Å². The molecule has 2 N–H and O–H groups in total. The lowest BCUT2D eigenvalue weighted by Crippen LogP contribution is -2.27.